The number of hydrogen-bond acceptors (Lipinski definition) is 2. The molecule has 0 unspecified atom stereocenters. The summed E-state index contributed by atoms with van der Waals surface area (Å²) in [7, 11) is 0. The molecule has 1 aliphatic carbocycles. The average Bonchev–Trinajstić information content (AvgIpc) is 2.88. The molecule has 0 heterocycles. The van der Waals surface area contributed by atoms with Crippen LogP contribution in [0.15, 0.2) is 23.1 Å². The number of nitrogens with one attached hydrogen (secondary N) is 1. The molecule has 0 atom stereocenters. The molecule has 0 spiro atoms. The standard InChI is InChI=1S/C17H27NS/c1-13(2)18-11-16-10-14(3)8-9-17(16)19-12-15-6-4-5-7-15/h8-10,13,15,18H,4-7,11-12H2,1-3H3. The lowest BCUT2D eigenvalue weighted by molar-refractivity contribution is 0.584. The van der Waals surface area contributed by atoms with Crippen molar-refractivity contribution in [3.63, 3.8) is 0 Å². The molecular weight excluding hydrogens is 250 g/mol. The van der Waals surface area contributed by atoms with Crippen LogP contribution in [0.1, 0.15) is 50.7 Å². The number of thioether (sulfide) groups is 1. The van der Waals surface area contributed by atoms with E-state index < -0.39 is 0 Å². The molecule has 1 N–H and O–H groups in total. The Morgan fingerprint density at radius 1 is 1.26 bits per heavy atom. The fourth-order valence-electron chi connectivity index (χ4n) is 2.69. The van der Waals surface area contributed by atoms with E-state index in [1.165, 1.54) is 47.5 Å². The highest BCUT2D eigenvalue weighted by Crippen LogP contribution is 2.32. The van der Waals surface area contributed by atoms with Gasteiger partial charge in [-0.15, -0.1) is 11.8 Å². The second-order valence-electron chi connectivity index (χ2n) is 6.11. The van der Waals surface area contributed by atoms with Crippen LogP contribution in [0.25, 0.3) is 0 Å². The summed E-state index contributed by atoms with van der Waals surface area (Å²) in [5.74, 6) is 2.26. The first-order valence-corrected chi connectivity index (χ1v) is 8.59. The summed E-state index contributed by atoms with van der Waals surface area (Å²) in [6.45, 7) is 7.60. The largest absolute Gasteiger partial charge is 0.310 e. The Kier molecular flexibility index (Phi) is 5.77. The highest BCUT2D eigenvalue weighted by atomic mass is 32.2. The molecule has 1 aliphatic rings. The van der Waals surface area contributed by atoms with Gasteiger partial charge in [-0.1, -0.05) is 44.4 Å². The van der Waals surface area contributed by atoms with Crippen molar-refractivity contribution >= 4 is 11.8 Å². The Bertz CT molecular complexity index is 394. The topological polar surface area (TPSA) is 12.0 Å². The van der Waals surface area contributed by atoms with E-state index in [1.807, 2.05) is 0 Å². The van der Waals surface area contributed by atoms with Crippen LogP contribution in [0.4, 0.5) is 0 Å². The number of rotatable bonds is 6. The molecule has 0 bridgehead atoms. The van der Waals surface area contributed by atoms with Crippen LogP contribution in [0.2, 0.25) is 0 Å². The Labute approximate surface area is 122 Å². The Hall–Kier alpha value is -0.470. The van der Waals surface area contributed by atoms with Crippen molar-refractivity contribution in [3.8, 4) is 0 Å². The predicted octanol–water partition coefficient (Wildman–Crippen LogP) is 4.78. The number of hydrogen-bond donors (Lipinski definition) is 1. The molecule has 1 aromatic rings. The third-order valence-corrected chi connectivity index (χ3v) is 5.21. The molecule has 19 heavy (non-hydrogen) atoms. The Balaban J connectivity index is 1.96. The first-order valence-electron chi connectivity index (χ1n) is 7.61. The van der Waals surface area contributed by atoms with Gasteiger partial charge in [-0.05, 0) is 37.3 Å². The quantitative estimate of drug-likeness (QED) is 0.751. The molecule has 0 amide bonds. The second kappa shape index (κ2) is 7.35. The number of aryl methyl sites for hydroxylation is 1. The van der Waals surface area contributed by atoms with Gasteiger partial charge in [0.15, 0.2) is 0 Å². The first kappa shape index (κ1) is 14.9. The zero-order chi connectivity index (χ0) is 13.7. The van der Waals surface area contributed by atoms with Gasteiger partial charge in [0.2, 0.25) is 0 Å². The summed E-state index contributed by atoms with van der Waals surface area (Å²) in [6.07, 6.45) is 5.78. The summed E-state index contributed by atoms with van der Waals surface area (Å²) in [5, 5.41) is 3.54. The summed E-state index contributed by atoms with van der Waals surface area (Å²) in [4.78, 5) is 1.48. The molecule has 1 nitrogen and oxygen atoms in total. The fourth-order valence-corrected chi connectivity index (χ4v) is 3.92. The zero-order valence-electron chi connectivity index (χ0n) is 12.5. The van der Waals surface area contributed by atoms with Crippen molar-refractivity contribution in [3.05, 3.63) is 29.3 Å². The van der Waals surface area contributed by atoms with Gasteiger partial charge in [-0.3, -0.25) is 0 Å². The molecule has 1 fully saturated rings. The maximum Gasteiger partial charge on any atom is 0.0219 e. The summed E-state index contributed by atoms with van der Waals surface area (Å²) in [6, 6.07) is 7.45. The van der Waals surface area contributed by atoms with Gasteiger partial charge in [0.1, 0.15) is 0 Å². The molecule has 0 aliphatic heterocycles. The van der Waals surface area contributed by atoms with Crippen molar-refractivity contribution in [1.29, 1.82) is 0 Å². The third-order valence-electron chi connectivity index (χ3n) is 3.87. The summed E-state index contributed by atoms with van der Waals surface area (Å²) in [5.41, 5.74) is 2.84. The summed E-state index contributed by atoms with van der Waals surface area (Å²) >= 11 is 2.06. The third kappa shape index (κ3) is 4.85. The maximum absolute atomic E-state index is 3.54. The van der Waals surface area contributed by atoms with Crippen molar-refractivity contribution in [2.75, 3.05) is 5.75 Å². The van der Waals surface area contributed by atoms with Crippen molar-refractivity contribution < 1.29 is 0 Å². The van der Waals surface area contributed by atoms with Crippen molar-refractivity contribution in [2.24, 2.45) is 5.92 Å². The molecular formula is C17H27NS. The van der Waals surface area contributed by atoms with Crippen LogP contribution in [-0.4, -0.2) is 11.8 Å². The second-order valence-corrected chi connectivity index (χ2v) is 7.17. The molecule has 0 saturated heterocycles. The highest BCUT2D eigenvalue weighted by molar-refractivity contribution is 7.99. The summed E-state index contributed by atoms with van der Waals surface area (Å²) < 4.78 is 0. The first-order chi connectivity index (χ1) is 9.15. The minimum absolute atomic E-state index is 0.549. The molecule has 106 valence electrons. The highest BCUT2D eigenvalue weighted by Gasteiger charge is 2.15. The van der Waals surface area contributed by atoms with E-state index in [-0.39, 0.29) is 0 Å². The van der Waals surface area contributed by atoms with Crippen LogP contribution < -0.4 is 5.32 Å². The predicted molar refractivity (Wildman–Crippen MR) is 85.8 cm³/mol. The van der Waals surface area contributed by atoms with Gasteiger partial charge < -0.3 is 5.32 Å². The average molecular weight is 277 g/mol. The van der Waals surface area contributed by atoms with E-state index in [4.69, 9.17) is 0 Å². The maximum atomic E-state index is 3.54. The normalized spacial score (nSPS) is 16.4. The number of benzene rings is 1. The monoisotopic (exact) mass is 277 g/mol. The van der Waals surface area contributed by atoms with Gasteiger partial charge in [0, 0.05) is 23.2 Å². The van der Waals surface area contributed by atoms with Crippen LogP contribution in [-0.2, 0) is 6.54 Å². The van der Waals surface area contributed by atoms with Crippen LogP contribution in [0, 0.1) is 12.8 Å². The Morgan fingerprint density at radius 2 is 2.00 bits per heavy atom. The van der Waals surface area contributed by atoms with Gasteiger partial charge in [-0.2, -0.15) is 0 Å². The molecule has 0 radical (unpaired) electrons. The van der Waals surface area contributed by atoms with Gasteiger partial charge >= 0.3 is 0 Å². The van der Waals surface area contributed by atoms with Crippen LogP contribution in [0.3, 0.4) is 0 Å². The van der Waals surface area contributed by atoms with E-state index in [0.717, 1.165) is 12.5 Å². The smallest absolute Gasteiger partial charge is 0.0219 e. The van der Waals surface area contributed by atoms with E-state index in [1.54, 1.807) is 0 Å². The molecule has 2 rings (SSSR count). The SMILES string of the molecule is Cc1ccc(SCC2CCCC2)c(CNC(C)C)c1. The fraction of sp³-hybridized carbons (Fsp3) is 0.647. The van der Waals surface area contributed by atoms with Crippen molar-refractivity contribution in [2.45, 2.75) is 63.9 Å². The van der Waals surface area contributed by atoms with Gasteiger partial charge in [-0.25, -0.2) is 0 Å². The Morgan fingerprint density at radius 3 is 2.68 bits per heavy atom. The van der Waals surface area contributed by atoms with E-state index in [0.29, 0.717) is 6.04 Å². The van der Waals surface area contributed by atoms with E-state index in [2.05, 4.69) is 56.0 Å². The van der Waals surface area contributed by atoms with E-state index in [9.17, 15) is 0 Å². The van der Waals surface area contributed by atoms with Gasteiger partial charge in [0.25, 0.3) is 0 Å². The minimum Gasteiger partial charge on any atom is -0.310 e. The molecule has 1 saturated carbocycles. The molecule has 0 aromatic heterocycles. The van der Waals surface area contributed by atoms with E-state index >= 15 is 0 Å². The van der Waals surface area contributed by atoms with Crippen LogP contribution in [0.5, 0.6) is 0 Å². The zero-order valence-corrected chi connectivity index (χ0v) is 13.4. The molecule has 2 heteroatoms. The minimum atomic E-state index is 0.549. The van der Waals surface area contributed by atoms with Gasteiger partial charge in [0.05, 0.1) is 0 Å². The van der Waals surface area contributed by atoms with Crippen LogP contribution >= 0.6 is 11.8 Å². The molecule has 1 aromatic carbocycles. The lowest BCUT2D eigenvalue weighted by atomic mass is 10.1. The lowest BCUT2D eigenvalue weighted by Crippen LogP contribution is -2.22. The lowest BCUT2D eigenvalue weighted by Gasteiger charge is -2.15. The van der Waals surface area contributed by atoms with Crippen molar-refractivity contribution in [1.82, 2.24) is 5.32 Å².